The number of hydrogen-bond donors (Lipinski definition) is 0. The van der Waals surface area contributed by atoms with Crippen LogP contribution in [0, 0.1) is 0 Å². The molecular weight excluding hydrogens is 288 g/mol. The van der Waals surface area contributed by atoms with Crippen LogP contribution in [0.1, 0.15) is 13.8 Å². The van der Waals surface area contributed by atoms with Gasteiger partial charge >= 0.3 is 17.9 Å². The number of rotatable bonds is 9. The minimum absolute atomic E-state index is 0.0233. The summed E-state index contributed by atoms with van der Waals surface area (Å²) in [7, 11) is 0. The van der Waals surface area contributed by atoms with E-state index >= 15 is 0 Å². The molecule has 22 heavy (non-hydrogen) atoms. The first kappa shape index (κ1) is 19.4. The van der Waals surface area contributed by atoms with Gasteiger partial charge in [0.15, 0.2) is 6.10 Å². The summed E-state index contributed by atoms with van der Waals surface area (Å²) in [6.45, 7) is 16.3. The van der Waals surface area contributed by atoms with Crippen molar-refractivity contribution in [3.8, 4) is 0 Å². The highest BCUT2D eigenvalue weighted by atomic mass is 16.6. The van der Waals surface area contributed by atoms with Gasteiger partial charge in [-0.15, -0.1) is 0 Å². The molecule has 0 fully saturated rings. The number of ether oxygens (including phenoxy) is 3. The van der Waals surface area contributed by atoms with Crippen molar-refractivity contribution in [3.05, 3.63) is 49.1 Å². The second kappa shape index (κ2) is 9.33. The molecule has 0 bridgehead atoms. The molecule has 0 N–H and O–H groups in total. The van der Waals surface area contributed by atoms with Gasteiger partial charge in [-0.3, -0.25) is 0 Å². The van der Waals surface area contributed by atoms with Crippen LogP contribution in [0.5, 0.6) is 0 Å². The highest BCUT2D eigenvalue weighted by Crippen LogP contribution is 2.11. The van der Waals surface area contributed by atoms with Crippen LogP contribution in [0.2, 0.25) is 0 Å². The zero-order chi connectivity index (χ0) is 17.3. The molecule has 0 spiro atoms. The van der Waals surface area contributed by atoms with E-state index in [1.54, 1.807) is 0 Å². The molecule has 0 saturated carbocycles. The fourth-order valence-corrected chi connectivity index (χ4v) is 1.07. The molecule has 1 unspecified atom stereocenters. The summed E-state index contributed by atoms with van der Waals surface area (Å²) >= 11 is 0. The summed E-state index contributed by atoms with van der Waals surface area (Å²) in [6.07, 6.45) is 0.200. The van der Waals surface area contributed by atoms with Crippen LogP contribution in [0.15, 0.2) is 49.1 Å². The third-order valence-corrected chi connectivity index (χ3v) is 2.30. The minimum Gasteiger partial charge on any atom is -0.458 e. The Morgan fingerprint density at radius 2 is 1.50 bits per heavy atom. The van der Waals surface area contributed by atoms with E-state index in [2.05, 4.69) is 26.3 Å². The van der Waals surface area contributed by atoms with Crippen LogP contribution in [0.25, 0.3) is 0 Å². The molecule has 0 saturated heterocycles. The molecule has 0 amide bonds. The van der Waals surface area contributed by atoms with E-state index < -0.39 is 24.0 Å². The Bertz CT molecular complexity index is 515. The number of carbonyl (C=O) groups is 3. The second-order valence-electron chi connectivity index (χ2n) is 4.47. The molecule has 0 radical (unpaired) electrons. The van der Waals surface area contributed by atoms with Gasteiger partial charge in [0.25, 0.3) is 0 Å². The quantitative estimate of drug-likeness (QED) is 0.280. The Balaban J connectivity index is 4.94. The number of esters is 3. The second-order valence-corrected chi connectivity index (χ2v) is 4.47. The van der Waals surface area contributed by atoms with Crippen molar-refractivity contribution in [2.24, 2.45) is 0 Å². The van der Waals surface area contributed by atoms with Crippen molar-refractivity contribution in [3.63, 3.8) is 0 Å². The monoisotopic (exact) mass is 308 g/mol. The summed E-state index contributed by atoms with van der Waals surface area (Å²) < 4.78 is 14.7. The van der Waals surface area contributed by atoms with Crippen molar-refractivity contribution in [1.29, 1.82) is 0 Å². The summed E-state index contributed by atoms with van der Waals surface area (Å²) in [4.78, 5) is 34.7. The summed E-state index contributed by atoms with van der Waals surface area (Å²) in [5.41, 5.74) is 0.138. The van der Waals surface area contributed by atoms with E-state index in [0.29, 0.717) is 0 Å². The normalized spacial score (nSPS) is 10.8. The van der Waals surface area contributed by atoms with Crippen LogP contribution in [0.4, 0.5) is 0 Å². The van der Waals surface area contributed by atoms with Crippen molar-refractivity contribution in [1.82, 2.24) is 0 Å². The van der Waals surface area contributed by atoms with Crippen molar-refractivity contribution < 1.29 is 28.6 Å². The maximum Gasteiger partial charge on any atom is 0.337 e. The molecule has 0 aromatic carbocycles. The fourth-order valence-electron chi connectivity index (χ4n) is 1.07. The lowest BCUT2D eigenvalue weighted by molar-refractivity contribution is -0.154. The van der Waals surface area contributed by atoms with Gasteiger partial charge < -0.3 is 14.2 Å². The lowest BCUT2D eigenvalue weighted by Crippen LogP contribution is -2.31. The molecule has 0 aliphatic rings. The predicted octanol–water partition coefficient (Wildman–Crippen LogP) is 1.88. The van der Waals surface area contributed by atoms with Crippen LogP contribution in [-0.2, 0) is 28.6 Å². The summed E-state index contributed by atoms with van der Waals surface area (Å²) in [5, 5.41) is 0. The van der Waals surface area contributed by atoms with Gasteiger partial charge in [0.05, 0.1) is 5.57 Å². The smallest absolute Gasteiger partial charge is 0.337 e. The van der Waals surface area contributed by atoms with E-state index in [0.717, 1.165) is 0 Å². The molecule has 0 heterocycles. The number of carbonyl (C=O) groups excluding carboxylic acids is 3. The maximum atomic E-state index is 11.7. The Kier molecular flexibility index (Phi) is 8.22. The average molecular weight is 308 g/mol. The van der Waals surface area contributed by atoms with Crippen LogP contribution < -0.4 is 0 Å². The zero-order valence-electron chi connectivity index (χ0n) is 12.8. The first-order valence-corrected chi connectivity index (χ1v) is 6.36. The van der Waals surface area contributed by atoms with Crippen molar-refractivity contribution >= 4 is 17.9 Å². The molecule has 0 aliphatic carbocycles. The van der Waals surface area contributed by atoms with E-state index in [1.165, 1.54) is 19.9 Å². The molecule has 1 atom stereocenters. The van der Waals surface area contributed by atoms with E-state index in [-0.39, 0.29) is 29.9 Å². The summed E-state index contributed by atoms with van der Waals surface area (Å²) in [5.74, 6) is -2.21. The molecule has 120 valence electrons. The molecule has 0 aromatic rings. The van der Waals surface area contributed by atoms with Gasteiger partial charge in [-0.1, -0.05) is 32.4 Å². The molecule has 6 heteroatoms. The van der Waals surface area contributed by atoms with E-state index in [1.807, 2.05) is 0 Å². The molecule has 0 rings (SSSR count). The Labute approximate surface area is 129 Å². The van der Waals surface area contributed by atoms with Gasteiger partial charge in [0.1, 0.15) is 13.2 Å². The van der Waals surface area contributed by atoms with Crippen molar-refractivity contribution in [2.45, 2.75) is 20.0 Å². The Morgan fingerprint density at radius 3 is 1.95 bits per heavy atom. The third kappa shape index (κ3) is 6.69. The third-order valence-electron chi connectivity index (χ3n) is 2.30. The molecular formula is C16H20O6. The average Bonchev–Trinajstić information content (AvgIpc) is 2.47. The predicted molar refractivity (Wildman–Crippen MR) is 80.8 cm³/mol. The van der Waals surface area contributed by atoms with E-state index in [9.17, 15) is 14.4 Å². The van der Waals surface area contributed by atoms with Crippen LogP contribution >= 0.6 is 0 Å². The van der Waals surface area contributed by atoms with Gasteiger partial charge in [0, 0.05) is 11.1 Å². The molecule has 0 aromatic heterocycles. The van der Waals surface area contributed by atoms with Gasteiger partial charge in [-0.2, -0.15) is 0 Å². The zero-order valence-corrected chi connectivity index (χ0v) is 12.8. The fraction of sp³-hybridized carbons (Fsp3) is 0.312. The highest BCUT2D eigenvalue weighted by Gasteiger charge is 2.26. The topological polar surface area (TPSA) is 78.9 Å². The highest BCUT2D eigenvalue weighted by molar-refractivity contribution is 5.92. The standard InChI is InChI=1S/C16H20O6/c1-7-8-20-16(19)12(6)13(22-15(18)11(4)5)9-21-14(17)10(2)3/h7,13H,1-2,4,6,8-9H2,3,5H3. The lowest BCUT2D eigenvalue weighted by atomic mass is 10.1. The lowest BCUT2D eigenvalue weighted by Gasteiger charge is -2.19. The van der Waals surface area contributed by atoms with E-state index in [4.69, 9.17) is 14.2 Å². The Hall–Kier alpha value is -2.63. The molecule has 6 nitrogen and oxygen atoms in total. The SMILES string of the molecule is C=CCOC(=O)C(=C)C(COC(=O)C(=C)C)OC(=O)C(=C)C. The van der Waals surface area contributed by atoms with Gasteiger partial charge in [0.2, 0.25) is 0 Å². The largest absolute Gasteiger partial charge is 0.458 e. The minimum atomic E-state index is -1.18. The van der Waals surface area contributed by atoms with Crippen LogP contribution in [0.3, 0.4) is 0 Å². The summed E-state index contributed by atoms with van der Waals surface area (Å²) in [6, 6.07) is 0. The Morgan fingerprint density at radius 1 is 0.955 bits per heavy atom. The van der Waals surface area contributed by atoms with Crippen LogP contribution in [-0.4, -0.2) is 37.2 Å². The number of hydrogen-bond acceptors (Lipinski definition) is 6. The first-order valence-electron chi connectivity index (χ1n) is 6.36. The first-order chi connectivity index (χ1) is 10.2. The van der Waals surface area contributed by atoms with Gasteiger partial charge in [-0.25, -0.2) is 14.4 Å². The molecule has 0 aliphatic heterocycles. The van der Waals surface area contributed by atoms with Crippen molar-refractivity contribution in [2.75, 3.05) is 13.2 Å². The van der Waals surface area contributed by atoms with Gasteiger partial charge in [-0.05, 0) is 13.8 Å². The maximum absolute atomic E-state index is 11.7.